The monoisotopic (exact) mass is 100 g/mol. The maximum Gasteiger partial charge on any atom is 0.212 e. The molecule has 0 unspecified atom stereocenters. The topological polar surface area (TPSA) is 53.6 Å². The number of rotatable bonds is 0. The summed E-state index contributed by atoms with van der Waals surface area (Å²) in [5, 5.41) is 8.36. The molecule has 0 aliphatic carbocycles. The van der Waals surface area contributed by atoms with Crippen LogP contribution in [-0.4, -0.2) is 24.7 Å². The molecule has 3 N–H and O–H groups in total. The third-order valence-corrected chi connectivity index (χ3v) is 0.767. The Hall–Kier alpha value is -0.930. The molecule has 0 bridgehead atoms. The van der Waals surface area contributed by atoms with Gasteiger partial charge in [-0.05, 0) is 0 Å². The van der Waals surface area contributed by atoms with Crippen LogP contribution in [0.2, 0.25) is 0 Å². The van der Waals surface area contributed by atoms with Crippen LogP contribution in [0.4, 0.5) is 0 Å². The molecule has 0 spiro atoms. The normalized spacial score (nSPS) is 19.0. The molecule has 1 aliphatic rings. The lowest BCUT2D eigenvalue weighted by atomic mass is 10.9. The Bertz CT molecular complexity index is 97.1. The predicted molar refractivity (Wildman–Crippen MR) is 27.4 cm³/mol. The minimum Gasteiger partial charge on any atom is -0.368 e. The van der Waals surface area contributed by atoms with E-state index < -0.39 is 0 Å². The van der Waals surface area contributed by atoms with Crippen LogP contribution in [0.3, 0.4) is 0 Å². The molecule has 40 valence electrons. The predicted octanol–water partition coefficient (Wildman–Crippen LogP) is -1.29. The van der Waals surface area contributed by atoms with Gasteiger partial charge in [-0.1, -0.05) is 0 Å². The number of hydrogen-bond donors (Lipinski definition) is 2. The molecule has 0 amide bonds. The summed E-state index contributed by atoms with van der Waals surface area (Å²) in [6.07, 6.45) is 0. The fourth-order valence-electron chi connectivity index (χ4n) is 0.450. The van der Waals surface area contributed by atoms with Crippen LogP contribution in [0, 0.1) is 0 Å². The van der Waals surface area contributed by atoms with Gasteiger partial charge in [0.15, 0.2) is 0 Å². The lowest BCUT2D eigenvalue weighted by Gasteiger charge is -1.99. The minimum atomic E-state index is 0.502. The third kappa shape index (κ3) is 0.734. The zero-order valence-corrected chi connectivity index (χ0v) is 4.18. The molecule has 0 aromatic carbocycles. The van der Waals surface area contributed by atoms with E-state index in [1.807, 2.05) is 7.05 Å². The van der Waals surface area contributed by atoms with Crippen molar-refractivity contribution in [2.45, 2.75) is 0 Å². The van der Waals surface area contributed by atoms with Gasteiger partial charge >= 0.3 is 0 Å². The van der Waals surface area contributed by atoms with Crippen molar-refractivity contribution in [2.75, 3.05) is 13.7 Å². The summed E-state index contributed by atoms with van der Waals surface area (Å²) in [5.41, 5.74) is 5.22. The second-order valence-corrected chi connectivity index (χ2v) is 1.48. The van der Waals surface area contributed by atoms with Crippen LogP contribution < -0.4 is 11.1 Å². The molecule has 1 heterocycles. The highest BCUT2D eigenvalue weighted by molar-refractivity contribution is 5.78. The summed E-state index contributed by atoms with van der Waals surface area (Å²) in [7, 11) is 1.85. The van der Waals surface area contributed by atoms with Crippen molar-refractivity contribution in [3.05, 3.63) is 0 Å². The SMILES string of the molecule is CN1CNC(N)=N1. The number of nitrogens with zero attached hydrogens (tertiary/aromatic N) is 2. The van der Waals surface area contributed by atoms with Gasteiger partial charge in [0.05, 0.1) is 0 Å². The fraction of sp³-hybridized carbons (Fsp3) is 0.667. The molecule has 7 heavy (non-hydrogen) atoms. The molecule has 0 aromatic heterocycles. The van der Waals surface area contributed by atoms with Crippen LogP contribution in [0.1, 0.15) is 0 Å². The van der Waals surface area contributed by atoms with Gasteiger partial charge in [-0.3, -0.25) is 5.01 Å². The highest BCUT2D eigenvalue weighted by atomic mass is 15.6. The van der Waals surface area contributed by atoms with Gasteiger partial charge in [-0.15, -0.1) is 5.10 Å². The van der Waals surface area contributed by atoms with E-state index in [1.54, 1.807) is 5.01 Å². The summed E-state index contributed by atoms with van der Waals surface area (Å²) < 4.78 is 0. The standard InChI is InChI=1S/C3H8N4/c1-7-2-5-3(4)6-7/h2H2,1H3,(H3,4,5,6). The number of hydrogen-bond acceptors (Lipinski definition) is 4. The Balaban J connectivity index is 2.50. The third-order valence-electron chi connectivity index (χ3n) is 0.767. The zero-order chi connectivity index (χ0) is 5.28. The van der Waals surface area contributed by atoms with Crippen LogP contribution in [0.15, 0.2) is 5.10 Å². The second kappa shape index (κ2) is 1.29. The van der Waals surface area contributed by atoms with E-state index in [1.165, 1.54) is 0 Å². The summed E-state index contributed by atoms with van der Waals surface area (Å²) >= 11 is 0. The van der Waals surface area contributed by atoms with Crippen molar-refractivity contribution >= 4 is 5.96 Å². The van der Waals surface area contributed by atoms with Crippen LogP contribution in [-0.2, 0) is 0 Å². The van der Waals surface area contributed by atoms with E-state index in [9.17, 15) is 0 Å². The fourth-order valence-corrected chi connectivity index (χ4v) is 0.450. The van der Waals surface area contributed by atoms with Gasteiger partial charge in [0.1, 0.15) is 6.67 Å². The molecular weight excluding hydrogens is 92.1 g/mol. The molecular formula is C3H8N4. The first kappa shape index (κ1) is 4.23. The Labute approximate surface area is 42.0 Å². The molecule has 0 radical (unpaired) electrons. The van der Waals surface area contributed by atoms with E-state index in [0.29, 0.717) is 5.96 Å². The van der Waals surface area contributed by atoms with Gasteiger partial charge in [0, 0.05) is 7.05 Å². The van der Waals surface area contributed by atoms with Crippen molar-refractivity contribution < 1.29 is 0 Å². The Morgan fingerprint density at radius 1 is 2.00 bits per heavy atom. The van der Waals surface area contributed by atoms with Crippen molar-refractivity contribution in [1.29, 1.82) is 0 Å². The highest BCUT2D eigenvalue weighted by Gasteiger charge is 2.01. The van der Waals surface area contributed by atoms with E-state index in [0.717, 1.165) is 6.67 Å². The van der Waals surface area contributed by atoms with E-state index in [2.05, 4.69) is 10.4 Å². The van der Waals surface area contributed by atoms with E-state index in [-0.39, 0.29) is 0 Å². The molecule has 0 atom stereocenters. The van der Waals surface area contributed by atoms with E-state index >= 15 is 0 Å². The molecule has 4 heteroatoms. The van der Waals surface area contributed by atoms with Crippen molar-refractivity contribution in [1.82, 2.24) is 10.3 Å². The average molecular weight is 100 g/mol. The van der Waals surface area contributed by atoms with Crippen LogP contribution in [0.5, 0.6) is 0 Å². The highest BCUT2D eigenvalue weighted by Crippen LogP contribution is 1.84. The molecule has 4 nitrogen and oxygen atoms in total. The van der Waals surface area contributed by atoms with Gasteiger partial charge in [0.25, 0.3) is 0 Å². The van der Waals surface area contributed by atoms with Crippen molar-refractivity contribution in [3.8, 4) is 0 Å². The molecule has 0 saturated heterocycles. The zero-order valence-electron chi connectivity index (χ0n) is 4.18. The number of nitrogens with two attached hydrogens (primary N) is 1. The molecule has 1 rings (SSSR count). The maximum absolute atomic E-state index is 5.22. The smallest absolute Gasteiger partial charge is 0.212 e. The molecule has 0 aromatic rings. The summed E-state index contributed by atoms with van der Waals surface area (Å²) in [4.78, 5) is 0. The molecule has 0 saturated carbocycles. The second-order valence-electron chi connectivity index (χ2n) is 1.48. The molecule has 1 aliphatic heterocycles. The van der Waals surface area contributed by atoms with Crippen LogP contribution in [0.25, 0.3) is 0 Å². The first-order valence-electron chi connectivity index (χ1n) is 2.08. The average Bonchev–Trinajstić information content (AvgIpc) is 1.87. The largest absolute Gasteiger partial charge is 0.368 e. The van der Waals surface area contributed by atoms with Gasteiger partial charge in [-0.2, -0.15) is 0 Å². The Morgan fingerprint density at radius 3 is 2.86 bits per heavy atom. The summed E-state index contributed by atoms with van der Waals surface area (Å²) in [6.45, 7) is 0.728. The lowest BCUT2D eigenvalue weighted by molar-refractivity contribution is 0.380. The van der Waals surface area contributed by atoms with Crippen molar-refractivity contribution in [2.24, 2.45) is 10.8 Å². The first-order chi connectivity index (χ1) is 3.29. The minimum absolute atomic E-state index is 0.502. The van der Waals surface area contributed by atoms with Gasteiger partial charge in [0.2, 0.25) is 5.96 Å². The number of guanidine groups is 1. The van der Waals surface area contributed by atoms with Crippen molar-refractivity contribution in [3.63, 3.8) is 0 Å². The van der Waals surface area contributed by atoms with Gasteiger partial charge in [-0.25, -0.2) is 0 Å². The van der Waals surface area contributed by atoms with Gasteiger partial charge < -0.3 is 11.1 Å². The quantitative estimate of drug-likeness (QED) is 0.398. The Morgan fingerprint density at radius 2 is 2.71 bits per heavy atom. The number of nitrogens with one attached hydrogen (secondary N) is 1. The lowest BCUT2D eigenvalue weighted by Crippen LogP contribution is -2.27. The Kier molecular flexibility index (Phi) is 0.780. The van der Waals surface area contributed by atoms with Crippen LogP contribution >= 0.6 is 0 Å². The molecule has 0 fully saturated rings. The first-order valence-corrected chi connectivity index (χ1v) is 2.08. The summed E-state index contributed by atoms with van der Waals surface area (Å²) in [5.74, 6) is 0.502. The summed E-state index contributed by atoms with van der Waals surface area (Å²) in [6, 6.07) is 0. The maximum atomic E-state index is 5.22. The van der Waals surface area contributed by atoms with E-state index in [4.69, 9.17) is 5.73 Å². The number of hydrazone groups is 1.